The van der Waals surface area contributed by atoms with Crippen molar-refractivity contribution in [3.8, 4) is 0 Å². The van der Waals surface area contributed by atoms with E-state index in [4.69, 9.17) is 4.43 Å². The van der Waals surface area contributed by atoms with Gasteiger partial charge < -0.3 is 4.43 Å². The van der Waals surface area contributed by atoms with Gasteiger partial charge in [0.1, 0.15) is 0 Å². The summed E-state index contributed by atoms with van der Waals surface area (Å²) in [6.45, 7) is 12.0. The van der Waals surface area contributed by atoms with Crippen molar-refractivity contribution in [2.24, 2.45) is 10.9 Å². The number of hydrogen-bond donors (Lipinski definition) is 0. The quantitative estimate of drug-likeness (QED) is 0.576. The van der Waals surface area contributed by atoms with Crippen LogP contribution >= 0.6 is 0 Å². The number of nitrogens with zero attached hydrogens (tertiary/aromatic N) is 1. The zero-order valence-electron chi connectivity index (χ0n) is 8.72. The number of hydrogen-bond acceptors (Lipinski definition) is 2. The van der Waals surface area contributed by atoms with Gasteiger partial charge in [-0.1, -0.05) is 20.8 Å². The second kappa shape index (κ2) is 3.21. The van der Waals surface area contributed by atoms with Crippen molar-refractivity contribution in [3.63, 3.8) is 0 Å². The van der Waals surface area contributed by atoms with E-state index in [1.165, 1.54) is 0 Å². The molecule has 0 N–H and O–H groups in total. The van der Waals surface area contributed by atoms with E-state index in [9.17, 15) is 0 Å². The zero-order chi connectivity index (χ0) is 9.35. The first-order chi connectivity index (χ1) is 5.43. The van der Waals surface area contributed by atoms with Gasteiger partial charge in [0.2, 0.25) is 0 Å². The summed E-state index contributed by atoms with van der Waals surface area (Å²) in [6.07, 6.45) is 0. The van der Waals surface area contributed by atoms with Crippen LogP contribution in [0.5, 0.6) is 0 Å². The lowest BCUT2D eigenvalue weighted by Crippen LogP contribution is -2.43. The molecule has 0 aromatic heterocycles. The SMILES string of the molecule is CC(C)C1=NCC(C)[Si](C)(C)O1. The van der Waals surface area contributed by atoms with Crippen LogP contribution < -0.4 is 0 Å². The molecule has 0 saturated carbocycles. The Morgan fingerprint density at radius 3 is 2.50 bits per heavy atom. The Hall–Kier alpha value is -0.313. The molecule has 0 bridgehead atoms. The predicted molar refractivity (Wildman–Crippen MR) is 55.1 cm³/mol. The van der Waals surface area contributed by atoms with E-state index in [0.29, 0.717) is 11.5 Å². The van der Waals surface area contributed by atoms with E-state index in [-0.39, 0.29) is 0 Å². The molecule has 1 atom stereocenters. The van der Waals surface area contributed by atoms with E-state index in [1.807, 2.05) is 0 Å². The first-order valence-corrected chi connectivity index (χ1v) is 7.65. The molecule has 1 aliphatic rings. The monoisotopic (exact) mass is 185 g/mol. The van der Waals surface area contributed by atoms with E-state index >= 15 is 0 Å². The molecule has 0 aromatic rings. The predicted octanol–water partition coefficient (Wildman–Crippen LogP) is 2.67. The fourth-order valence-electron chi connectivity index (χ4n) is 1.15. The first kappa shape index (κ1) is 9.77. The molecule has 0 amide bonds. The van der Waals surface area contributed by atoms with Crippen LogP contribution in [0.2, 0.25) is 18.6 Å². The maximum Gasteiger partial charge on any atom is 0.251 e. The maximum atomic E-state index is 5.94. The minimum absolute atomic E-state index is 0.448. The van der Waals surface area contributed by atoms with Crippen molar-refractivity contribution in [3.05, 3.63) is 0 Å². The largest absolute Gasteiger partial charge is 0.534 e. The Morgan fingerprint density at radius 2 is 2.08 bits per heavy atom. The summed E-state index contributed by atoms with van der Waals surface area (Å²) in [5, 5.41) is 0. The lowest BCUT2D eigenvalue weighted by molar-refractivity contribution is 0.459. The lowest BCUT2D eigenvalue weighted by atomic mass is 10.2. The van der Waals surface area contributed by atoms with Gasteiger partial charge in [-0.2, -0.15) is 0 Å². The molecule has 70 valence electrons. The first-order valence-electron chi connectivity index (χ1n) is 4.67. The van der Waals surface area contributed by atoms with Crippen LogP contribution in [0, 0.1) is 5.92 Å². The molecular formula is C9H19NOSi. The van der Waals surface area contributed by atoms with E-state index in [1.54, 1.807) is 0 Å². The summed E-state index contributed by atoms with van der Waals surface area (Å²) in [5.74, 6) is 1.43. The third-order valence-electron chi connectivity index (χ3n) is 2.57. The lowest BCUT2D eigenvalue weighted by Gasteiger charge is -2.35. The van der Waals surface area contributed by atoms with Crippen molar-refractivity contribution < 1.29 is 4.43 Å². The van der Waals surface area contributed by atoms with Gasteiger partial charge in [-0.05, 0) is 13.1 Å². The molecule has 1 rings (SSSR count). The van der Waals surface area contributed by atoms with E-state index in [0.717, 1.165) is 12.4 Å². The minimum Gasteiger partial charge on any atom is -0.534 e. The van der Waals surface area contributed by atoms with Crippen LogP contribution in [0.3, 0.4) is 0 Å². The topological polar surface area (TPSA) is 21.6 Å². The summed E-state index contributed by atoms with van der Waals surface area (Å²) >= 11 is 0. The Labute approximate surface area is 76.2 Å². The molecule has 0 aliphatic carbocycles. The highest BCUT2D eigenvalue weighted by atomic mass is 28.4. The standard InChI is InChI=1S/C9H19NOSi/c1-7(2)9-10-6-8(3)12(4,5)11-9/h7-8H,6H2,1-5H3. The van der Waals surface area contributed by atoms with Crippen LogP contribution in [0.15, 0.2) is 4.99 Å². The molecule has 0 radical (unpaired) electrons. The third kappa shape index (κ3) is 1.89. The second-order valence-corrected chi connectivity index (χ2v) is 8.84. The van der Waals surface area contributed by atoms with Gasteiger partial charge in [0.15, 0.2) is 5.90 Å². The Balaban J connectivity index is 2.74. The van der Waals surface area contributed by atoms with E-state index in [2.05, 4.69) is 38.9 Å². The summed E-state index contributed by atoms with van der Waals surface area (Å²) in [6, 6.07) is 0. The molecule has 3 heteroatoms. The molecule has 0 fully saturated rings. The highest BCUT2D eigenvalue weighted by molar-refractivity contribution is 6.74. The Bertz CT molecular complexity index is 199. The molecular weight excluding hydrogens is 166 g/mol. The molecule has 0 saturated heterocycles. The van der Waals surface area contributed by atoms with Gasteiger partial charge in [0.25, 0.3) is 8.32 Å². The third-order valence-corrected chi connectivity index (χ3v) is 5.86. The molecule has 1 unspecified atom stereocenters. The summed E-state index contributed by atoms with van der Waals surface area (Å²) in [5.41, 5.74) is 0.653. The summed E-state index contributed by atoms with van der Waals surface area (Å²) in [4.78, 5) is 4.43. The van der Waals surface area contributed by atoms with Crippen molar-refractivity contribution >= 4 is 14.2 Å². The van der Waals surface area contributed by atoms with Crippen molar-refractivity contribution in [1.29, 1.82) is 0 Å². The van der Waals surface area contributed by atoms with Crippen molar-refractivity contribution in [2.45, 2.75) is 39.4 Å². The second-order valence-electron chi connectivity index (χ2n) is 4.44. The normalized spacial score (nSPS) is 28.2. The van der Waals surface area contributed by atoms with Gasteiger partial charge in [-0.25, -0.2) is 0 Å². The molecule has 0 aromatic carbocycles. The van der Waals surface area contributed by atoms with Crippen LogP contribution in [0.1, 0.15) is 20.8 Å². The number of aliphatic imine (C=N–C) groups is 1. The Morgan fingerprint density at radius 1 is 1.50 bits per heavy atom. The number of rotatable bonds is 1. The van der Waals surface area contributed by atoms with Crippen LogP contribution in [-0.4, -0.2) is 20.8 Å². The van der Waals surface area contributed by atoms with Crippen LogP contribution in [0.4, 0.5) is 0 Å². The average molecular weight is 185 g/mol. The van der Waals surface area contributed by atoms with Crippen LogP contribution in [-0.2, 0) is 4.43 Å². The van der Waals surface area contributed by atoms with Crippen LogP contribution in [0.25, 0.3) is 0 Å². The van der Waals surface area contributed by atoms with Crippen molar-refractivity contribution in [2.75, 3.05) is 6.54 Å². The highest BCUT2D eigenvalue weighted by Gasteiger charge is 2.36. The molecule has 1 aliphatic heterocycles. The van der Waals surface area contributed by atoms with Gasteiger partial charge in [0.05, 0.1) is 0 Å². The maximum absolute atomic E-state index is 5.94. The van der Waals surface area contributed by atoms with E-state index < -0.39 is 8.32 Å². The average Bonchev–Trinajstić information content (AvgIpc) is 1.94. The van der Waals surface area contributed by atoms with Gasteiger partial charge in [-0.15, -0.1) is 0 Å². The minimum atomic E-state index is -1.45. The Kier molecular flexibility index (Phi) is 2.61. The molecule has 2 nitrogen and oxygen atoms in total. The highest BCUT2D eigenvalue weighted by Crippen LogP contribution is 2.28. The van der Waals surface area contributed by atoms with Gasteiger partial charge in [-0.3, -0.25) is 4.99 Å². The van der Waals surface area contributed by atoms with Crippen molar-refractivity contribution in [1.82, 2.24) is 0 Å². The summed E-state index contributed by atoms with van der Waals surface area (Å²) in [7, 11) is -1.45. The van der Waals surface area contributed by atoms with Gasteiger partial charge >= 0.3 is 0 Å². The summed E-state index contributed by atoms with van der Waals surface area (Å²) < 4.78 is 5.94. The fraction of sp³-hybridized carbons (Fsp3) is 0.889. The molecule has 0 spiro atoms. The zero-order valence-corrected chi connectivity index (χ0v) is 9.72. The fourth-order valence-corrected chi connectivity index (χ4v) is 2.72. The molecule has 1 heterocycles. The molecule has 12 heavy (non-hydrogen) atoms. The van der Waals surface area contributed by atoms with Gasteiger partial charge in [0, 0.05) is 18.0 Å². The smallest absolute Gasteiger partial charge is 0.251 e.